The van der Waals surface area contributed by atoms with Crippen LogP contribution in [-0.4, -0.2) is 37.7 Å². The molecule has 2 aliphatic rings. The van der Waals surface area contributed by atoms with Crippen molar-refractivity contribution in [3.8, 4) is 5.75 Å². The van der Waals surface area contributed by atoms with Crippen LogP contribution in [-0.2, 0) is 11.2 Å². The molecule has 0 spiro atoms. The van der Waals surface area contributed by atoms with Crippen molar-refractivity contribution in [2.24, 2.45) is 0 Å². The van der Waals surface area contributed by atoms with Crippen LogP contribution >= 0.6 is 0 Å². The monoisotopic (exact) mass is 365 g/mol. The van der Waals surface area contributed by atoms with Crippen LogP contribution in [0.2, 0.25) is 0 Å². The Kier molecular flexibility index (Phi) is 4.48. The van der Waals surface area contributed by atoms with Gasteiger partial charge in [-0.15, -0.1) is 0 Å². The molecule has 0 radical (unpaired) electrons. The molecule has 0 unspecified atom stereocenters. The molecule has 2 aromatic rings. The van der Waals surface area contributed by atoms with Crippen LogP contribution in [0.3, 0.4) is 0 Å². The summed E-state index contributed by atoms with van der Waals surface area (Å²) in [5, 5.41) is 3.04. The second-order valence-electron chi connectivity index (χ2n) is 7.10. The average Bonchev–Trinajstić information content (AvgIpc) is 3.20. The minimum Gasteiger partial charge on any atom is -0.497 e. The third-order valence-electron chi connectivity index (χ3n) is 5.26. The number of para-hydroxylation sites is 1. The van der Waals surface area contributed by atoms with Crippen LogP contribution in [0, 0.1) is 0 Å². The topological polar surface area (TPSA) is 61.9 Å². The van der Waals surface area contributed by atoms with Crippen LogP contribution in [0.5, 0.6) is 5.75 Å². The predicted molar refractivity (Wildman–Crippen MR) is 104 cm³/mol. The van der Waals surface area contributed by atoms with E-state index in [1.54, 1.807) is 16.9 Å². The van der Waals surface area contributed by atoms with E-state index in [1.807, 2.05) is 49.4 Å². The van der Waals surface area contributed by atoms with E-state index in [-0.39, 0.29) is 24.0 Å². The first-order valence-corrected chi connectivity index (χ1v) is 9.19. The van der Waals surface area contributed by atoms with Gasteiger partial charge in [-0.2, -0.15) is 0 Å². The smallest absolute Gasteiger partial charge is 0.322 e. The lowest BCUT2D eigenvalue weighted by Crippen LogP contribution is -2.48. The minimum absolute atomic E-state index is 0.0142. The number of benzene rings is 2. The predicted octanol–water partition coefficient (Wildman–Crippen LogP) is 2.96. The highest BCUT2D eigenvalue weighted by Gasteiger charge is 2.35. The molecule has 4 rings (SSSR count). The Bertz CT molecular complexity index is 865. The Hall–Kier alpha value is -3.02. The van der Waals surface area contributed by atoms with E-state index in [0.717, 1.165) is 23.5 Å². The fourth-order valence-corrected chi connectivity index (χ4v) is 3.94. The van der Waals surface area contributed by atoms with Crippen molar-refractivity contribution in [3.63, 3.8) is 0 Å². The van der Waals surface area contributed by atoms with E-state index >= 15 is 0 Å². The van der Waals surface area contributed by atoms with Gasteiger partial charge in [-0.25, -0.2) is 4.79 Å². The first kappa shape index (κ1) is 17.4. The Labute approximate surface area is 158 Å². The maximum Gasteiger partial charge on any atom is 0.322 e. The zero-order valence-electron chi connectivity index (χ0n) is 15.5. The highest BCUT2D eigenvalue weighted by atomic mass is 16.5. The molecule has 3 amide bonds. The number of hydrogen-bond acceptors (Lipinski definition) is 3. The normalized spacial score (nSPS) is 21.3. The largest absolute Gasteiger partial charge is 0.497 e. The van der Waals surface area contributed by atoms with Gasteiger partial charge in [0, 0.05) is 30.4 Å². The van der Waals surface area contributed by atoms with E-state index in [4.69, 9.17) is 4.74 Å². The molecule has 6 heteroatoms. The fraction of sp³-hybridized carbons (Fsp3) is 0.333. The third-order valence-corrected chi connectivity index (χ3v) is 5.26. The molecule has 27 heavy (non-hydrogen) atoms. The molecule has 1 fully saturated rings. The molecule has 2 aromatic carbocycles. The quantitative estimate of drug-likeness (QED) is 0.910. The van der Waals surface area contributed by atoms with Crippen molar-refractivity contribution in [2.45, 2.75) is 31.8 Å². The van der Waals surface area contributed by atoms with Gasteiger partial charge in [-0.3, -0.25) is 9.69 Å². The molecule has 1 N–H and O–H groups in total. The molecule has 0 saturated carbocycles. The maximum absolute atomic E-state index is 12.9. The Morgan fingerprint density at radius 2 is 1.85 bits per heavy atom. The number of carbonyl (C=O) groups excluding carboxylic acids is 2. The lowest BCUT2D eigenvalue weighted by atomic mass is 10.1. The SMILES string of the molecule is COc1ccc(N2C[C@H](NC(=O)N3c4ccccc4C[C@@H]3C)CC2=O)cc1. The van der Waals surface area contributed by atoms with Crippen molar-refractivity contribution < 1.29 is 14.3 Å². The summed E-state index contributed by atoms with van der Waals surface area (Å²) < 4.78 is 5.16. The number of carbonyl (C=O) groups is 2. The second-order valence-corrected chi connectivity index (χ2v) is 7.10. The lowest BCUT2D eigenvalue weighted by Gasteiger charge is -2.25. The van der Waals surface area contributed by atoms with E-state index < -0.39 is 0 Å². The molecule has 140 valence electrons. The van der Waals surface area contributed by atoms with Crippen LogP contribution in [0.1, 0.15) is 18.9 Å². The number of rotatable bonds is 3. The summed E-state index contributed by atoms with van der Waals surface area (Å²) in [5.41, 5.74) is 2.96. The number of hydrogen-bond donors (Lipinski definition) is 1. The standard InChI is InChI=1S/C21H23N3O3/c1-14-11-15-5-3-4-6-19(15)24(14)21(26)22-16-12-20(25)23(13-16)17-7-9-18(27-2)10-8-17/h3-10,14,16H,11-13H2,1-2H3,(H,22,26)/t14-,16+/m0/s1. The van der Waals surface area contributed by atoms with Crippen molar-refractivity contribution in [1.29, 1.82) is 0 Å². The summed E-state index contributed by atoms with van der Waals surface area (Å²) in [5.74, 6) is 0.761. The molecule has 0 aliphatic carbocycles. The number of anilines is 2. The van der Waals surface area contributed by atoms with Crippen molar-refractivity contribution in [1.82, 2.24) is 5.32 Å². The van der Waals surface area contributed by atoms with Crippen LogP contribution in [0.15, 0.2) is 48.5 Å². The first-order valence-electron chi connectivity index (χ1n) is 9.19. The Morgan fingerprint density at radius 3 is 2.59 bits per heavy atom. The highest BCUT2D eigenvalue weighted by Crippen LogP contribution is 2.32. The minimum atomic E-state index is -0.202. The van der Waals surface area contributed by atoms with E-state index in [0.29, 0.717) is 13.0 Å². The summed E-state index contributed by atoms with van der Waals surface area (Å²) >= 11 is 0. The second kappa shape index (κ2) is 6.95. The molecular weight excluding hydrogens is 342 g/mol. The van der Waals surface area contributed by atoms with Gasteiger partial charge in [-0.1, -0.05) is 18.2 Å². The van der Waals surface area contributed by atoms with Gasteiger partial charge in [-0.05, 0) is 49.2 Å². The number of nitrogens with zero attached hydrogens (tertiary/aromatic N) is 2. The number of fused-ring (bicyclic) bond motifs is 1. The number of nitrogens with one attached hydrogen (secondary N) is 1. The molecule has 2 atom stereocenters. The van der Waals surface area contributed by atoms with Crippen molar-refractivity contribution in [2.75, 3.05) is 23.5 Å². The Morgan fingerprint density at radius 1 is 1.11 bits per heavy atom. The van der Waals surface area contributed by atoms with E-state index in [2.05, 4.69) is 11.4 Å². The van der Waals surface area contributed by atoms with Crippen LogP contribution < -0.4 is 19.9 Å². The number of amides is 3. The third kappa shape index (κ3) is 3.23. The Balaban J connectivity index is 1.44. The summed E-state index contributed by atoms with van der Waals surface area (Å²) in [6.07, 6.45) is 1.16. The van der Waals surface area contributed by atoms with Gasteiger partial charge in [0.15, 0.2) is 0 Å². The van der Waals surface area contributed by atoms with Crippen molar-refractivity contribution >= 4 is 23.3 Å². The van der Waals surface area contributed by atoms with Crippen molar-refractivity contribution in [3.05, 3.63) is 54.1 Å². The zero-order chi connectivity index (χ0) is 19.0. The van der Waals surface area contributed by atoms with Crippen LogP contribution in [0.25, 0.3) is 0 Å². The lowest BCUT2D eigenvalue weighted by molar-refractivity contribution is -0.117. The van der Waals surface area contributed by atoms with Gasteiger partial charge >= 0.3 is 6.03 Å². The van der Waals surface area contributed by atoms with Crippen LogP contribution in [0.4, 0.5) is 16.2 Å². The molecule has 1 saturated heterocycles. The van der Waals surface area contributed by atoms with Gasteiger partial charge in [0.1, 0.15) is 5.75 Å². The molecular formula is C21H23N3O3. The fourth-order valence-electron chi connectivity index (χ4n) is 3.94. The number of urea groups is 1. The van der Waals surface area contributed by atoms with Gasteiger partial charge in [0.2, 0.25) is 5.91 Å². The van der Waals surface area contributed by atoms with E-state index in [1.165, 1.54) is 5.56 Å². The summed E-state index contributed by atoms with van der Waals surface area (Å²) in [6.45, 7) is 2.52. The maximum atomic E-state index is 12.9. The first-order chi connectivity index (χ1) is 13.1. The van der Waals surface area contributed by atoms with E-state index in [9.17, 15) is 9.59 Å². The molecule has 2 heterocycles. The summed E-state index contributed by atoms with van der Waals surface area (Å²) in [7, 11) is 1.61. The number of ether oxygens (including phenoxy) is 1. The van der Waals surface area contributed by atoms with Gasteiger partial charge in [0.25, 0.3) is 0 Å². The zero-order valence-corrected chi connectivity index (χ0v) is 15.5. The summed E-state index contributed by atoms with van der Waals surface area (Å²) in [4.78, 5) is 28.8. The molecule has 2 aliphatic heterocycles. The summed E-state index contributed by atoms with van der Waals surface area (Å²) in [6, 6.07) is 15.1. The molecule has 0 bridgehead atoms. The average molecular weight is 365 g/mol. The molecule has 0 aromatic heterocycles. The number of methoxy groups -OCH3 is 1. The van der Waals surface area contributed by atoms with Gasteiger partial charge < -0.3 is 15.0 Å². The highest BCUT2D eigenvalue weighted by molar-refractivity contribution is 5.99. The van der Waals surface area contributed by atoms with Gasteiger partial charge in [0.05, 0.1) is 13.2 Å². The molecule has 6 nitrogen and oxygen atoms in total.